The maximum Gasteiger partial charge on any atom is 0.408 e. The summed E-state index contributed by atoms with van der Waals surface area (Å²) in [7, 11) is 0. The van der Waals surface area contributed by atoms with Gasteiger partial charge in [-0.2, -0.15) is 13.2 Å². The molecule has 22 heavy (non-hydrogen) atoms. The van der Waals surface area contributed by atoms with E-state index in [1.165, 1.54) is 0 Å². The molecule has 118 valence electrons. The van der Waals surface area contributed by atoms with Crippen LogP contribution in [0.3, 0.4) is 0 Å². The van der Waals surface area contributed by atoms with Gasteiger partial charge in [0.2, 0.25) is 11.1 Å². The Balaban J connectivity index is 1.80. The first kappa shape index (κ1) is 16.2. The molecule has 1 N–H and O–H groups in total. The van der Waals surface area contributed by atoms with Crippen LogP contribution in [0.4, 0.5) is 13.2 Å². The summed E-state index contributed by atoms with van der Waals surface area (Å²) in [5.41, 5.74) is 0.683. The molecule has 2 heterocycles. The number of hydrogen-bond donors (Lipinski definition) is 1. The van der Waals surface area contributed by atoms with Crippen LogP contribution < -0.4 is 5.32 Å². The van der Waals surface area contributed by atoms with Gasteiger partial charge < -0.3 is 5.32 Å². The van der Waals surface area contributed by atoms with Gasteiger partial charge >= 0.3 is 6.18 Å². The molecule has 2 rings (SSSR count). The number of alkyl halides is 3. The van der Waals surface area contributed by atoms with Crippen molar-refractivity contribution >= 4 is 17.7 Å². The third-order valence-electron chi connectivity index (χ3n) is 2.35. The number of carbonyl (C=O) groups is 1. The van der Waals surface area contributed by atoms with E-state index in [2.05, 4.69) is 25.8 Å². The summed E-state index contributed by atoms with van der Waals surface area (Å²) < 4.78 is 37.5. The van der Waals surface area contributed by atoms with E-state index in [9.17, 15) is 18.0 Å². The minimum absolute atomic E-state index is 0.0645. The second kappa shape index (κ2) is 7.20. The normalized spacial score (nSPS) is 11.4. The third-order valence-corrected chi connectivity index (χ3v) is 3.31. The Labute approximate surface area is 127 Å². The molecule has 2 aromatic heterocycles. The molecule has 0 bridgehead atoms. The molecular weight excluding hydrogens is 321 g/mol. The maximum absolute atomic E-state index is 12.3. The molecule has 0 aromatic carbocycles. The summed E-state index contributed by atoms with van der Waals surface area (Å²) in [6.45, 7) is -1.05. The van der Waals surface area contributed by atoms with Gasteiger partial charge in [-0.3, -0.25) is 9.78 Å². The zero-order valence-corrected chi connectivity index (χ0v) is 11.9. The van der Waals surface area contributed by atoms with Gasteiger partial charge in [-0.05, 0) is 22.6 Å². The van der Waals surface area contributed by atoms with E-state index in [1.54, 1.807) is 24.4 Å². The molecule has 0 spiro atoms. The van der Waals surface area contributed by atoms with Crippen molar-refractivity contribution in [3.05, 3.63) is 30.1 Å². The van der Waals surface area contributed by atoms with E-state index in [4.69, 9.17) is 0 Å². The van der Waals surface area contributed by atoms with Crippen LogP contribution in [0.15, 0.2) is 29.6 Å². The predicted octanol–water partition coefficient (Wildman–Crippen LogP) is 1.04. The molecule has 11 heteroatoms. The number of thioether (sulfide) groups is 1. The lowest BCUT2D eigenvalue weighted by molar-refractivity contribution is -0.144. The molecule has 0 radical (unpaired) electrons. The average molecular weight is 332 g/mol. The fourth-order valence-electron chi connectivity index (χ4n) is 1.44. The van der Waals surface area contributed by atoms with Crippen molar-refractivity contribution in [2.24, 2.45) is 0 Å². The van der Waals surface area contributed by atoms with Crippen LogP contribution in [0, 0.1) is 0 Å². The summed E-state index contributed by atoms with van der Waals surface area (Å²) in [6.07, 6.45) is -2.83. The fraction of sp³-hybridized carbons (Fsp3) is 0.364. The predicted molar refractivity (Wildman–Crippen MR) is 70.7 cm³/mol. The van der Waals surface area contributed by atoms with Crippen LogP contribution in [0.25, 0.3) is 0 Å². The Bertz CT molecular complexity index is 618. The smallest absolute Gasteiger partial charge is 0.350 e. The number of amides is 1. The fourth-order valence-corrected chi connectivity index (χ4v) is 2.15. The Morgan fingerprint density at radius 3 is 2.86 bits per heavy atom. The summed E-state index contributed by atoms with van der Waals surface area (Å²) in [5.74, 6) is -0.442. The summed E-state index contributed by atoms with van der Waals surface area (Å²) >= 11 is 0.832. The Kier molecular flexibility index (Phi) is 5.31. The van der Waals surface area contributed by atoms with Crippen molar-refractivity contribution in [2.45, 2.75) is 24.4 Å². The van der Waals surface area contributed by atoms with Crippen molar-refractivity contribution in [2.75, 3.05) is 5.75 Å². The highest BCUT2D eigenvalue weighted by Gasteiger charge is 2.30. The molecule has 0 saturated carbocycles. The lowest BCUT2D eigenvalue weighted by Gasteiger charge is -2.07. The number of carbonyl (C=O) groups excluding carboxylic acids is 1. The number of rotatable bonds is 6. The second-order valence-electron chi connectivity index (χ2n) is 4.12. The van der Waals surface area contributed by atoms with Crippen molar-refractivity contribution in [3.8, 4) is 0 Å². The first-order valence-corrected chi connectivity index (χ1v) is 7.05. The van der Waals surface area contributed by atoms with Crippen LogP contribution in [0.5, 0.6) is 0 Å². The zero-order chi connectivity index (χ0) is 16.0. The van der Waals surface area contributed by atoms with Crippen molar-refractivity contribution in [3.63, 3.8) is 0 Å². The van der Waals surface area contributed by atoms with Crippen molar-refractivity contribution in [1.29, 1.82) is 0 Å². The van der Waals surface area contributed by atoms with Gasteiger partial charge in [0.1, 0.15) is 6.54 Å². The SMILES string of the molecule is O=C(CSc1nnnn1CC(F)(F)F)NCc1ccccn1. The van der Waals surface area contributed by atoms with Gasteiger partial charge in [0, 0.05) is 6.20 Å². The first-order valence-electron chi connectivity index (χ1n) is 6.06. The second-order valence-corrected chi connectivity index (χ2v) is 5.06. The van der Waals surface area contributed by atoms with Gasteiger partial charge in [0.15, 0.2) is 0 Å². The lowest BCUT2D eigenvalue weighted by atomic mass is 10.3. The standard InChI is InChI=1S/C11H11F3N6OS/c12-11(13,14)7-20-10(17-18-19-20)22-6-9(21)16-5-8-3-1-2-4-15-8/h1-4H,5-7H2,(H,16,21). The average Bonchev–Trinajstić information content (AvgIpc) is 2.89. The molecule has 1 amide bonds. The molecule has 0 aliphatic carbocycles. The zero-order valence-electron chi connectivity index (χ0n) is 11.1. The Morgan fingerprint density at radius 1 is 1.36 bits per heavy atom. The Morgan fingerprint density at radius 2 is 2.18 bits per heavy atom. The molecular formula is C11H11F3N6OS. The molecule has 2 aromatic rings. The minimum atomic E-state index is -4.42. The molecule has 0 aliphatic heterocycles. The number of halogens is 3. The molecule has 0 atom stereocenters. The van der Waals surface area contributed by atoms with E-state index < -0.39 is 12.7 Å². The van der Waals surface area contributed by atoms with Crippen LogP contribution in [0.2, 0.25) is 0 Å². The van der Waals surface area contributed by atoms with Crippen LogP contribution in [-0.2, 0) is 17.9 Å². The molecule has 7 nitrogen and oxygen atoms in total. The molecule has 0 fully saturated rings. The highest BCUT2D eigenvalue weighted by Crippen LogP contribution is 2.20. The topological polar surface area (TPSA) is 85.6 Å². The molecule has 0 unspecified atom stereocenters. The van der Waals surface area contributed by atoms with Gasteiger partial charge in [-0.15, -0.1) is 5.10 Å². The first-order chi connectivity index (χ1) is 10.4. The quantitative estimate of drug-likeness (QED) is 0.796. The lowest BCUT2D eigenvalue weighted by Crippen LogP contribution is -2.25. The van der Waals surface area contributed by atoms with Gasteiger partial charge in [-0.25, -0.2) is 4.68 Å². The van der Waals surface area contributed by atoms with Gasteiger partial charge in [0.05, 0.1) is 18.0 Å². The van der Waals surface area contributed by atoms with Crippen LogP contribution in [-0.4, -0.2) is 43.0 Å². The summed E-state index contributed by atoms with van der Waals surface area (Å²) in [4.78, 5) is 15.7. The monoisotopic (exact) mass is 332 g/mol. The van der Waals surface area contributed by atoms with Gasteiger partial charge in [0.25, 0.3) is 0 Å². The summed E-state index contributed by atoms with van der Waals surface area (Å²) in [5, 5.41) is 12.4. The summed E-state index contributed by atoms with van der Waals surface area (Å²) in [6, 6.07) is 5.29. The number of nitrogens with one attached hydrogen (secondary N) is 1. The van der Waals surface area contributed by atoms with Crippen molar-refractivity contribution < 1.29 is 18.0 Å². The number of aromatic nitrogens is 5. The molecule has 0 aliphatic rings. The molecule has 0 saturated heterocycles. The largest absolute Gasteiger partial charge is 0.408 e. The highest BCUT2D eigenvalue weighted by molar-refractivity contribution is 7.99. The van der Waals surface area contributed by atoms with Gasteiger partial charge in [-0.1, -0.05) is 17.8 Å². The maximum atomic E-state index is 12.3. The van der Waals surface area contributed by atoms with Crippen LogP contribution in [0.1, 0.15) is 5.69 Å². The van der Waals surface area contributed by atoms with E-state index >= 15 is 0 Å². The third kappa shape index (κ3) is 5.31. The van der Waals surface area contributed by atoms with E-state index in [-0.39, 0.29) is 23.4 Å². The Hall–Kier alpha value is -2.17. The number of nitrogens with zero attached hydrogens (tertiary/aromatic N) is 5. The van der Waals surface area contributed by atoms with Crippen LogP contribution >= 0.6 is 11.8 Å². The van der Waals surface area contributed by atoms with E-state index in [0.717, 1.165) is 11.8 Å². The van der Waals surface area contributed by atoms with E-state index in [0.29, 0.717) is 10.4 Å². The number of pyridine rings is 1. The number of tetrazole rings is 1. The van der Waals surface area contributed by atoms with E-state index in [1.807, 2.05) is 0 Å². The number of hydrogen-bond acceptors (Lipinski definition) is 6. The highest BCUT2D eigenvalue weighted by atomic mass is 32.2. The van der Waals surface area contributed by atoms with Crippen molar-refractivity contribution in [1.82, 2.24) is 30.5 Å². The minimum Gasteiger partial charge on any atom is -0.350 e.